The predicted octanol–water partition coefficient (Wildman–Crippen LogP) is 16.7. The summed E-state index contributed by atoms with van der Waals surface area (Å²) in [6.07, 6.45) is 7.00. The zero-order chi connectivity index (χ0) is 41.2. The molecule has 1 heterocycles. The topological polar surface area (TPSA) is 3.24 Å². The fourth-order valence-electron chi connectivity index (χ4n) is 9.38. The second-order valence-electron chi connectivity index (χ2n) is 16.0. The molecular weight excluding hydrogens is 767 g/mol. The summed E-state index contributed by atoms with van der Waals surface area (Å²) in [5.74, 6) is 0.0102. The van der Waals surface area contributed by atoms with Crippen LogP contribution in [-0.2, 0) is 0 Å². The average Bonchev–Trinajstić information content (AvgIpc) is 3.75. The summed E-state index contributed by atoms with van der Waals surface area (Å²) in [5, 5.41) is 2.64. The molecule has 0 fully saturated rings. The number of fused-ring (bicyclic) bond motifs is 3. The first-order chi connectivity index (χ1) is 30.8. The SMILES string of the molecule is C1=CC(N(c2ccc(-c3ccc(-c4ccccc4)cc3)cc2)c2ccc(-c3cccc4c3sc3ccccc34)cc2)C(c2ccccc2-c2ccccc2)C(c2ccccc2)=C1. The maximum absolute atomic E-state index is 2.56. The van der Waals surface area contributed by atoms with Crippen molar-refractivity contribution in [2.24, 2.45) is 0 Å². The smallest absolute Gasteiger partial charge is 0.0635 e. The van der Waals surface area contributed by atoms with Gasteiger partial charge < -0.3 is 4.90 Å². The highest BCUT2D eigenvalue weighted by Gasteiger charge is 2.35. The molecule has 2 atom stereocenters. The second-order valence-corrected chi connectivity index (χ2v) is 17.0. The Hall–Kier alpha value is -7.52. The molecule has 0 bridgehead atoms. The van der Waals surface area contributed by atoms with Crippen LogP contribution in [0.2, 0.25) is 0 Å². The van der Waals surface area contributed by atoms with E-state index in [9.17, 15) is 0 Å². The Morgan fingerprint density at radius 1 is 0.355 bits per heavy atom. The fraction of sp³-hybridized carbons (Fsp3) is 0.0333. The van der Waals surface area contributed by atoms with Crippen LogP contribution >= 0.6 is 11.3 Å². The molecule has 0 radical (unpaired) electrons. The minimum Gasteiger partial charge on any atom is -0.334 e. The molecule has 0 amide bonds. The van der Waals surface area contributed by atoms with Gasteiger partial charge in [-0.2, -0.15) is 0 Å². The molecule has 2 unspecified atom stereocenters. The van der Waals surface area contributed by atoms with Gasteiger partial charge in [0.1, 0.15) is 0 Å². The maximum Gasteiger partial charge on any atom is 0.0635 e. The van der Waals surface area contributed by atoms with E-state index in [0.29, 0.717) is 0 Å². The molecule has 1 nitrogen and oxygen atoms in total. The molecule has 0 saturated heterocycles. The van der Waals surface area contributed by atoms with Gasteiger partial charge in [-0.3, -0.25) is 0 Å². The van der Waals surface area contributed by atoms with Gasteiger partial charge in [0.2, 0.25) is 0 Å². The zero-order valence-corrected chi connectivity index (χ0v) is 35.0. The van der Waals surface area contributed by atoms with Crippen molar-refractivity contribution in [1.82, 2.24) is 0 Å². The van der Waals surface area contributed by atoms with E-state index in [1.807, 2.05) is 11.3 Å². The molecule has 0 aliphatic heterocycles. The number of hydrogen-bond donors (Lipinski definition) is 0. The normalized spacial score (nSPS) is 14.8. The van der Waals surface area contributed by atoms with Crippen molar-refractivity contribution in [2.45, 2.75) is 12.0 Å². The van der Waals surface area contributed by atoms with E-state index in [2.05, 4.69) is 254 Å². The number of nitrogens with zero attached hydrogens (tertiary/aromatic N) is 1. The quantitative estimate of drug-likeness (QED) is 0.140. The van der Waals surface area contributed by atoms with Gasteiger partial charge in [-0.25, -0.2) is 0 Å². The van der Waals surface area contributed by atoms with Crippen LogP contribution in [0.5, 0.6) is 0 Å². The summed E-state index contributed by atoms with van der Waals surface area (Å²) in [5.41, 5.74) is 15.9. The minimum absolute atomic E-state index is 0.0102. The largest absolute Gasteiger partial charge is 0.334 e. The standard InChI is InChI=1S/C60H43NS/c1-4-16-42(17-5-1)43-30-32-44(33-31-43)45-34-38-49(39-35-45)61(50-40-36-48(37-41-50)53-26-14-27-56-54-23-12-13-29-58(54)62-60(53)56)57-28-15-25-52(47-20-8-3-9-21-47)59(57)55-24-11-10-22-51(55)46-18-6-2-7-19-46/h1-41,57,59H. The summed E-state index contributed by atoms with van der Waals surface area (Å²) in [7, 11) is 0. The Morgan fingerprint density at radius 2 is 0.823 bits per heavy atom. The highest BCUT2D eigenvalue weighted by atomic mass is 32.1. The monoisotopic (exact) mass is 809 g/mol. The number of hydrogen-bond acceptors (Lipinski definition) is 2. The van der Waals surface area contributed by atoms with Crippen LogP contribution < -0.4 is 4.90 Å². The van der Waals surface area contributed by atoms with Crippen molar-refractivity contribution < 1.29 is 0 Å². The predicted molar refractivity (Wildman–Crippen MR) is 266 cm³/mol. The molecule has 62 heavy (non-hydrogen) atoms. The average molecular weight is 810 g/mol. The van der Waals surface area contributed by atoms with Crippen LogP contribution in [0.3, 0.4) is 0 Å². The van der Waals surface area contributed by atoms with E-state index < -0.39 is 0 Å². The van der Waals surface area contributed by atoms with Crippen LogP contribution in [0.1, 0.15) is 17.0 Å². The lowest BCUT2D eigenvalue weighted by molar-refractivity contribution is 0.704. The van der Waals surface area contributed by atoms with Gasteiger partial charge in [0.15, 0.2) is 0 Å². The van der Waals surface area contributed by atoms with Crippen LogP contribution in [0.25, 0.3) is 70.3 Å². The van der Waals surface area contributed by atoms with Crippen LogP contribution in [0.4, 0.5) is 11.4 Å². The Labute approximate surface area is 367 Å². The van der Waals surface area contributed by atoms with Crippen molar-refractivity contribution >= 4 is 48.5 Å². The van der Waals surface area contributed by atoms with Crippen molar-refractivity contribution in [3.05, 3.63) is 260 Å². The Morgan fingerprint density at radius 3 is 1.48 bits per heavy atom. The summed E-state index contributed by atoms with van der Waals surface area (Å²) in [4.78, 5) is 2.56. The first-order valence-electron chi connectivity index (χ1n) is 21.4. The van der Waals surface area contributed by atoms with Crippen molar-refractivity contribution in [1.29, 1.82) is 0 Å². The molecule has 9 aromatic carbocycles. The number of rotatable bonds is 9. The van der Waals surface area contributed by atoms with Gasteiger partial charge in [-0.05, 0) is 91.5 Å². The molecule has 1 aromatic heterocycles. The van der Waals surface area contributed by atoms with E-state index in [4.69, 9.17) is 0 Å². The highest BCUT2D eigenvalue weighted by molar-refractivity contribution is 7.26. The van der Waals surface area contributed by atoms with Crippen molar-refractivity contribution in [3.8, 4) is 44.5 Å². The van der Waals surface area contributed by atoms with Gasteiger partial charge in [-0.1, -0.05) is 218 Å². The molecule has 2 heteroatoms. The Bertz CT molecular complexity index is 3200. The fourth-order valence-corrected chi connectivity index (χ4v) is 10.6. The molecule has 11 rings (SSSR count). The van der Waals surface area contributed by atoms with Gasteiger partial charge >= 0.3 is 0 Å². The summed E-state index contributed by atoms with van der Waals surface area (Å²) in [6.45, 7) is 0. The summed E-state index contributed by atoms with van der Waals surface area (Å²) in [6, 6.07) is 84.2. The molecule has 0 saturated carbocycles. The van der Waals surface area contributed by atoms with E-state index in [-0.39, 0.29) is 12.0 Å². The summed E-state index contributed by atoms with van der Waals surface area (Å²) >= 11 is 1.88. The lowest BCUT2D eigenvalue weighted by Crippen LogP contribution is -2.37. The number of anilines is 2. The third-order valence-corrected chi connectivity index (χ3v) is 13.6. The summed E-state index contributed by atoms with van der Waals surface area (Å²) < 4.78 is 2.65. The van der Waals surface area contributed by atoms with Crippen LogP contribution in [0, 0.1) is 0 Å². The van der Waals surface area contributed by atoms with Crippen molar-refractivity contribution in [2.75, 3.05) is 4.90 Å². The number of allylic oxidation sites excluding steroid dienone is 2. The Balaban J connectivity index is 1.05. The van der Waals surface area contributed by atoms with E-state index in [1.165, 1.54) is 81.4 Å². The third-order valence-electron chi connectivity index (χ3n) is 12.4. The maximum atomic E-state index is 2.56. The highest BCUT2D eigenvalue weighted by Crippen LogP contribution is 2.47. The molecule has 294 valence electrons. The molecular formula is C60H43NS. The van der Waals surface area contributed by atoms with Gasteiger partial charge in [0.05, 0.1) is 6.04 Å². The molecule has 10 aromatic rings. The van der Waals surface area contributed by atoms with Gasteiger partial charge in [0.25, 0.3) is 0 Å². The zero-order valence-electron chi connectivity index (χ0n) is 34.2. The van der Waals surface area contributed by atoms with Crippen LogP contribution in [-0.4, -0.2) is 6.04 Å². The van der Waals surface area contributed by atoms with Crippen LogP contribution in [0.15, 0.2) is 249 Å². The lowest BCUT2D eigenvalue weighted by atomic mass is 9.75. The number of thiophene rings is 1. The first-order valence-corrected chi connectivity index (χ1v) is 22.2. The van der Waals surface area contributed by atoms with Gasteiger partial charge in [-0.15, -0.1) is 11.3 Å². The van der Waals surface area contributed by atoms with Gasteiger partial charge in [0, 0.05) is 37.5 Å². The van der Waals surface area contributed by atoms with E-state index in [0.717, 1.165) is 11.4 Å². The molecule has 1 aliphatic rings. The molecule has 1 aliphatic carbocycles. The molecule has 0 spiro atoms. The Kier molecular flexibility index (Phi) is 9.97. The first kappa shape index (κ1) is 37.5. The lowest BCUT2D eigenvalue weighted by Gasteiger charge is -2.41. The van der Waals surface area contributed by atoms with E-state index in [1.54, 1.807) is 0 Å². The third kappa shape index (κ3) is 7.05. The van der Waals surface area contributed by atoms with Crippen molar-refractivity contribution in [3.63, 3.8) is 0 Å². The minimum atomic E-state index is -0.0482. The molecule has 0 N–H and O–H groups in total. The second kappa shape index (κ2) is 16.5. The van der Waals surface area contributed by atoms with E-state index >= 15 is 0 Å². The number of benzene rings is 9.